The number of urea groups is 1. The smallest absolute Gasteiger partial charge is 0.326 e. The highest BCUT2D eigenvalue weighted by molar-refractivity contribution is 6.37. The third-order valence-corrected chi connectivity index (χ3v) is 2.65. The van der Waals surface area contributed by atoms with Crippen molar-refractivity contribution in [1.82, 2.24) is 10.6 Å². The predicted octanol–water partition coefficient (Wildman–Crippen LogP) is 1.88. The molecular weight excluding hydrogens is 267 g/mol. The maximum absolute atomic E-state index is 11.2. The molecule has 1 aromatic carbocycles. The Morgan fingerprint density at radius 1 is 1.12 bits per heavy atom. The Bertz CT molecular complexity index is 531. The fourth-order valence-electron chi connectivity index (χ4n) is 1.32. The van der Waals surface area contributed by atoms with Crippen LogP contribution in [-0.4, -0.2) is 17.0 Å². The Morgan fingerprint density at radius 3 is 2.18 bits per heavy atom. The van der Waals surface area contributed by atoms with Crippen molar-refractivity contribution in [2.24, 2.45) is 0 Å². The standard InChI is InChI=1S/C10H6Cl2N2O3/c11-5-1-4(2-6(12)8(5)15)3-7-9(16)14-10(17)13-7/h1-3,15H,(H2,13,14,16,17)/b7-3+. The molecule has 1 saturated heterocycles. The molecule has 1 aliphatic heterocycles. The average molecular weight is 273 g/mol. The minimum atomic E-state index is -0.586. The van der Waals surface area contributed by atoms with Gasteiger partial charge in [-0.1, -0.05) is 23.2 Å². The molecule has 0 atom stereocenters. The monoisotopic (exact) mass is 272 g/mol. The van der Waals surface area contributed by atoms with Crippen molar-refractivity contribution < 1.29 is 14.7 Å². The van der Waals surface area contributed by atoms with Crippen LogP contribution in [0.2, 0.25) is 10.0 Å². The van der Waals surface area contributed by atoms with Gasteiger partial charge in [-0.3, -0.25) is 10.1 Å². The van der Waals surface area contributed by atoms with E-state index in [2.05, 4.69) is 10.6 Å². The van der Waals surface area contributed by atoms with Crippen molar-refractivity contribution in [3.63, 3.8) is 0 Å². The lowest BCUT2D eigenvalue weighted by atomic mass is 10.2. The summed E-state index contributed by atoms with van der Waals surface area (Å²) in [5, 5.41) is 13.9. The quantitative estimate of drug-likeness (QED) is 0.540. The largest absolute Gasteiger partial charge is 0.505 e. The molecule has 0 unspecified atom stereocenters. The first-order chi connectivity index (χ1) is 7.97. The van der Waals surface area contributed by atoms with Gasteiger partial charge >= 0.3 is 6.03 Å². The van der Waals surface area contributed by atoms with Crippen molar-refractivity contribution >= 4 is 41.2 Å². The summed E-state index contributed by atoms with van der Waals surface area (Å²) in [4.78, 5) is 22.1. The van der Waals surface area contributed by atoms with Crippen LogP contribution in [0.15, 0.2) is 17.8 Å². The second-order valence-corrected chi connectivity index (χ2v) is 4.11. The molecule has 0 radical (unpaired) electrons. The summed E-state index contributed by atoms with van der Waals surface area (Å²) in [7, 11) is 0. The van der Waals surface area contributed by atoms with Gasteiger partial charge < -0.3 is 10.4 Å². The molecule has 3 N–H and O–H groups in total. The molecule has 0 spiro atoms. The molecule has 2 rings (SSSR count). The minimum absolute atomic E-state index is 0.0640. The molecule has 3 amide bonds. The van der Waals surface area contributed by atoms with Gasteiger partial charge in [0.2, 0.25) is 0 Å². The van der Waals surface area contributed by atoms with Gasteiger partial charge in [-0.25, -0.2) is 4.79 Å². The van der Waals surface area contributed by atoms with Gasteiger partial charge in [0.1, 0.15) is 5.70 Å². The van der Waals surface area contributed by atoms with E-state index in [1.54, 1.807) is 0 Å². The lowest BCUT2D eigenvalue weighted by Crippen LogP contribution is -2.22. The third-order valence-electron chi connectivity index (χ3n) is 2.07. The second-order valence-electron chi connectivity index (χ2n) is 3.30. The van der Waals surface area contributed by atoms with Crippen LogP contribution in [0.3, 0.4) is 0 Å². The van der Waals surface area contributed by atoms with Crippen LogP contribution in [0.25, 0.3) is 6.08 Å². The number of imide groups is 1. The zero-order valence-electron chi connectivity index (χ0n) is 8.25. The Morgan fingerprint density at radius 2 is 1.71 bits per heavy atom. The maximum atomic E-state index is 11.2. The molecule has 1 heterocycles. The molecular formula is C10H6Cl2N2O3. The zero-order valence-corrected chi connectivity index (χ0v) is 9.76. The van der Waals surface area contributed by atoms with Gasteiger partial charge in [0.15, 0.2) is 5.75 Å². The Hall–Kier alpha value is -1.72. The number of carbonyl (C=O) groups is 2. The van der Waals surface area contributed by atoms with Crippen molar-refractivity contribution in [3.05, 3.63) is 33.4 Å². The van der Waals surface area contributed by atoms with Gasteiger partial charge in [-0.2, -0.15) is 0 Å². The summed E-state index contributed by atoms with van der Waals surface area (Å²) in [5.41, 5.74) is 0.581. The zero-order chi connectivity index (χ0) is 12.6. The number of nitrogens with one attached hydrogen (secondary N) is 2. The first-order valence-corrected chi connectivity index (χ1v) is 5.25. The van der Waals surface area contributed by atoms with Crippen molar-refractivity contribution in [2.75, 3.05) is 0 Å². The van der Waals surface area contributed by atoms with Crippen molar-refractivity contribution in [3.8, 4) is 5.75 Å². The van der Waals surface area contributed by atoms with E-state index in [0.717, 1.165) is 0 Å². The van der Waals surface area contributed by atoms with Crippen LogP contribution < -0.4 is 10.6 Å². The minimum Gasteiger partial charge on any atom is -0.505 e. The van der Waals surface area contributed by atoms with E-state index >= 15 is 0 Å². The molecule has 0 aromatic heterocycles. The summed E-state index contributed by atoms with van der Waals surface area (Å²) >= 11 is 11.4. The topological polar surface area (TPSA) is 78.4 Å². The first-order valence-electron chi connectivity index (χ1n) is 4.49. The maximum Gasteiger partial charge on any atom is 0.326 e. The highest BCUT2D eigenvalue weighted by Gasteiger charge is 2.22. The number of amides is 3. The molecule has 1 fully saturated rings. The highest BCUT2D eigenvalue weighted by Crippen LogP contribution is 2.33. The summed E-state index contributed by atoms with van der Waals surface area (Å²) < 4.78 is 0. The fraction of sp³-hybridized carbons (Fsp3) is 0. The van der Waals surface area contributed by atoms with E-state index in [1.807, 2.05) is 0 Å². The van der Waals surface area contributed by atoms with Crippen molar-refractivity contribution in [2.45, 2.75) is 0 Å². The van der Waals surface area contributed by atoms with Crippen LogP contribution in [0.1, 0.15) is 5.56 Å². The summed E-state index contributed by atoms with van der Waals surface area (Å²) in [5.74, 6) is -0.759. The summed E-state index contributed by atoms with van der Waals surface area (Å²) in [6, 6.07) is 2.26. The first kappa shape index (κ1) is 11.8. The van der Waals surface area contributed by atoms with Gasteiger partial charge in [0.05, 0.1) is 10.0 Å². The predicted molar refractivity (Wildman–Crippen MR) is 62.8 cm³/mol. The molecule has 88 valence electrons. The van der Waals surface area contributed by atoms with Crippen LogP contribution in [0.5, 0.6) is 5.75 Å². The normalized spacial score (nSPS) is 17.2. The van der Waals surface area contributed by atoms with E-state index in [1.165, 1.54) is 18.2 Å². The lowest BCUT2D eigenvalue weighted by molar-refractivity contribution is -0.115. The fourth-order valence-corrected chi connectivity index (χ4v) is 1.82. The Balaban J connectivity index is 2.40. The van der Waals surface area contributed by atoms with Gasteiger partial charge in [-0.15, -0.1) is 0 Å². The van der Waals surface area contributed by atoms with Crippen LogP contribution >= 0.6 is 23.2 Å². The highest BCUT2D eigenvalue weighted by atomic mass is 35.5. The number of hydrogen-bond acceptors (Lipinski definition) is 3. The number of rotatable bonds is 1. The SMILES string of the molecule is O=C1NC(=O)/C(=C\c2cc(Cl)c(O)c(Cl)c2)N1. The average Bonchev–Trinajstić information content (AvgIpc) is 2.54. The molecule has 1 aromatic rings. The van der Waals surface area contributed by atoms with Gasteiger partial charge in [-0.05, 0) is 23.8 Å². The number of aromatic hydroxyl groups is 1. The molecule has 0 aliphatic carbocycles. The molecule has 0 saturated carbocycles. The van der Waals surface area contributed by atoms with Gasteiger partial charge in [0.25, 0.3) is 5.91 Å². The van der Waals surface area contributed by atoms with E-state index in [9.17, 15) is 14.7 Å². The Labute approximate surface area is 106 Å². The summed E-state index contributed by atoms with van der Waals surface area (Å²) in [6.07, 6.45) is 1.40. The lowest BCUT2D eigenvalue weighted by Gasteiger charge is -2.02. The molecule has 1 aliphatic rings. The van der Waals surface area contributed by atoms with Crippen LogP contribution in [0, 0.1) is 0 Å². The van der Waals surface area contributed by atoms with E-state index in [4.69, 9.17) is 23.2 Å². The number of phenolic OH excluding ortho intramolecular Hbond substituents is 1. The van der Waals surface area contributed by atoms with E-state index in [-0.39, 0.29) is 21.5 Å². The van der Waals surface area contributed by atoms with E-state index < -0.39 is 11.9 Å². The number of hydrogen-bond donors (Lipinski definition) is 3. The molecule has 5 nitrogen and oxygen atoms in total. The third kappa shape index (κ3) is 2.35. The number of carbonyl (C=O) groups excluding carboxylic acids is 2. The molecule has 17 heavy (non-hydrogen) atoms. The number of benzene rings is 1. The number of halogens is 2. The van der Waals surface area contributed by atoms with Gasteiger partial charge in [0, 0.05) is 0 Å². The Kier molecular flexibility index (Phi) is 2.95. The van der Waals surface area contributed by atoms with Crippen LogP contribution in [0.4, 0.5) is 4.79 Å². The second kappa shape index (κ2) is 4.27. The summed E-state index contributed by atoms with van der Waals surface area (Å²) in [6.45, 7) is 0. The van der Waals surface area contributed by atoms with Crippen molar-refractivity contribution in [1.29, 1.82) is 0 Å². The van der Waals surface area contributed by atoms with Crippen LogP contribution in [-0.2, 0) is 4.79 Å². The molecule has 7 heteroatoms. The molecule has 0 bridgehead atoms. The number of phenols is 1. The van der Waals surface area contributed by atoms with E-state index in [0.29, 0.717) is 5.56 Å².